The number of halogens is 2. The van der Waals surface area contributed by atoms with Gasteiger partial charge in [0.25, 0.3) is 0 Å². The molecule has 2 aromatic carbocycles. The number of hydrogen-bond donors (Lipinski definition) is 1. The number of anilines is 1. The van der Waals surface area contributed by atoms with Gasteiger partial charge in [0.2, 0.25) is 0 Å². The number of rotatable bonds is 5. The molecule has 1 N–H and O–H groups in total. The molecule has 0 aliphatic carbocycles. The number of aryl methyl sites for hydroxylation is 1. The highest BCUT2D eigenvalue weighted by Gasteiger charge is 2.08. The quantitative estimate of drug-likeness (QED) is 0.672. The Morgan fingerprint density at radius 1 is 1.15 bits per heavy atom. The molecule has 0 aliphatic rings. The van der Waals surface area contributed by atoms with Crippen molar-refractivity contribution in [2.24, 2.45) is 0 Å². The van der Waals surface area contributed by atoms with Gasteiger partial charge in [0.1, 0.15) is 0 Å². The minimum Gasteiger partial charge on any atom is -0.377 e. The molecule has 0 radical (unpaired) electrons. The van der Waals surface area contributed by atoms with E-state index in [1.165, 1.54) is 17.5 Å². The number of benzene rings is 2. The maximum atomic E-state index is 6.24. The Morgan fingerprint density at radius 2 is 1.85 bits per heavy atom. The molecule has 1 atom stereocenters. The topological polar surface area (TPSA) is 12.0 Å². The first-order valence-corrected chi connectivity index (χ1v) is 8.07. The fourth-order valence-corrected chi connectivity index (χ4v) is 2.91. The van der Waals surface area contributed by atoms with E-state index in [0.717, 1.165) is 21.6 Å². The molecular formula is C17H19BrClN. The third-order valence-electron chi connectivity index (χ3n) is 3.32. The molecule has 2 rings (SSSR count). The molecule has 1 nitrogen and oxygen atoms in total. The molecular weight excluding hydrogens is 334 g/mol. The van der Waals surface area contributed by atoms with Gasteiger partial charge in [0.15, 0.2) is 0 Å². The van der Waals surface area contributed by atoms with E-state index in [2.05, 4.69) is 59.4 Å². The minimum absolute atomic E-state index is 0.226. The highest BCUT2D eigenvalue weighted by molar-refractivity contribution is 9.10. The summed E-state index contributed by atoms with van der Waals surface area (Å²) in [5.74, 6) is 0. The van der Waals surface area contributed by atoms with Crippen LogP contribution in [0.1, 0.15) is 37.4 Å². The Labute approximate surface area is 134 Å². The molecule has 106 valence electrons. The summed E-state index contributed by atoms with van der Waals surface area (Å²) in [4.78, 5) is 0. The van der Waals surface area contributed by atoms with Crippen LogP contribution in [0.3, 0.4) is 0 Å². The highest BCUT2D eigenvalue weighted by atomic mass is 79.9. The van der Waals surface area contributed by atoms with E-state index in [1.54, 1.807) is 0 Å². The molecule has 2 aromatic rings. The van der Waals surface area contributed by atoms with Gasteiger partial charge in [-0.15, -0.1) is 0 Å². The first kappa shape index (κ1) is 15.4. The SMILES string of the molecule is CCCc1ccc(C(C)Nc2ccc(Br)cc2Cl)cc1. The smallest absolute Gasteiger partial charge is 0.0648 e. The third-order valence-corrected chi connectivity index (χ3v) is 4.13. The molecule has 0 bridgehead atoms. The first-order valence-electron chi connectivity index (χ1n) is 6.90. The van der Waals surface area contributed by atoms with Crippen LogP contribution < -0.4 is 5.32 Å². The lowest BCUT2D eigenvalue weighted by molar-refractivity contribution is 0.876. The van der Waals surface area contributed by atoms with Gasteiger partial charge in [0, 0.05) is 10.5 Å². The van der Waals surface area contributed by atoms with Crippen molar-refractivity contribution >= 4 is 33.2 Å². The van der Waals surface area contributed by atoms with E-state index in [-0.39, 0.29) is 6.04 Å². The highest BCUT2D eigenvalue weighted by Crippen LogP contribution is 2.29. The van der Waals surface area contributed by atoms with Crippen LogP contribution in [0.15, 0.2) is 46.9 Å². The van der Waals surface area contributed by atoms with Crippen molar-refractivity contribution in [1.82, 2.24) is 0 Å². The zero-order chi connectivity index (χ0) is 14.5. The van der Waals surface area contributed by atoms with Crippen LogP contribution in [0.25, 0.3) is 0 Å². The van der Waals surface area contributed by atoms with Gasteiger partial charge in [-0.2, -0.15) is 0 Å². The second-order valence-electron chi connectivity index (χ2n) is 4.98. The monoisotopic (exact) mass is 351 g/mol. The van der Waals surface area contributed by atoms with E-state index in [4.69, 9.17) is 11.6 Å². The van der Waals surface area contributed by atoms with Crippen LogP contribution in [0.5, 0.6) is 0 Å². The molecule has 0 fully saturated rings. The van der Waals surface area contributed by atoms with Gasteiger partial charge in [-0.25, -0.2) is 0 Å². The van der Waals surface area contributed by atoms with E-state index in [9.17, 15) is 0 Å². The Morgan fingerprint density at radius 3 is 2.45 bits per heavy atom. The van der Waals surface area contributed by atoms with Gasteiger partial charge >= 0.3 is 0 Å². The van der Waals surface area contributed by atoms with Gasteiger partial charge < -0.3 is 5.32 Å². The normalized spacial score (nSPS) is 12.2. The summed E-state index contributed by atoms with van der Waals surface area (Å²) >= 11 is 9.65. The predicted molar refractivity (Wildman–Crippen MR) is 91.6 cm³/mol. The molecule has 0 saturated heterocycles. The average molecular weight is 353 g/mol. The van der Waals surface area contributed by atoms with E-state index >= 15 is 0 Å². The van der Waals surface area contributed by atoms with Crippen LogP contribution in [0.4, 0.5) is 5.69 Å². The van der Waals surface area contributed by atoms with Crippen molar-refractivity contribution in [3.05, 3.63) is 63.1 Å². The van der Waals surface area contributed by atoms with Gasteiger partial charge in [-0.05, 0) is 42.7 Å². The van der Waals surface area contributed by atoms with Crippen LogP contribution >= 0.6 is 27.5 Å². The summed E-state index contributed by atoms with van der Waals surface area (Å²) in [6.07, 6.45) is 2.32. The fraction of sp³-hybridized carbons (Fsp3) is 0.294. The van der Waals surface area contributed by atoms with Crippen molar-refractivity contribution < 1.29 is 0 Å². The zero-order valence-corrected chi connectivity index (χ0v) is 14.1. The van der Waals surface area contributed by atoms with Gasteiger partial charge in [-0.3, -0.25) is 0 Å². The maximum absolute atomic E-state index is 6.24. The Hall–Kier alpha value is -0.990. The summed E-state index contributed by atoms with van der Waals surface area (Å²) < 4.78 is 0.990. The lowest BCUT2D eigenvalue weighted by Crippen LogP contribution is -2.07. The van der Waals surface area contributed by atoms with Crippen LogP contribution in [-0.2, 0) is 6.42 Å². The molecule has 0 aromatic heterocycles. The molecule has 0 saturated carbocycles. The summed E-state index contributed by atoms with van der Waals surface area (Å²) in [7, 11) is 0. The number of hydrogen-bond acceptors (Lipinski definition) is 1. The molecule has 3 heteroatoms. The van der Waals surface area contributed by atoms with Crippen LogP contribution in [0.2, 0.25) is 5.02 Å². The van der Waals surface area contributed by atoms with Crippen molar-refractivity contribution in [2.75, 3.05) is 5.32 Å². The Balaban J connectivity index is 2.09. The Kier molecular flexibility index (Phi) is 5.50. The second kappa shape index (κ2) is 7.14. The fourth-order valence-electron chi connectivity index (χ4n) is 2.18. The third kappa shape index (κ3) is 4.00. The lowest BCUT2D eigenvalue weighted by atomic mass is 10.0. The minimum atomic E-state index is 0.226. The largest absolute Gasteiger partial charge is 0.377 e. The van der Waals surface area contributed by atoms with Gasteiger partial charge in [-0.1, -0.05) is 65.1 Å². The van der Waals surface area contributed by atoms with E-state index in [0.29, 0.717) is 0 Å². The molecule has 0 spiro atoms. The van der Waals surface area contributed by atoms with Crippen molar-refractivity contribution in [2.45, 2.75) is 32.7 Å². The summed E-state index contributed by atoms with van der Waals surface area (Å²) in [5.41, 5.74) is 3.62. The summed E-state index contributed by atoms with van der Waals surface area (Å²) in [6.45, 7) is 4.35. The van der Waals surface area contributed by atoms with Gasteiger partial charge in [0.05, 0.1) is 10.7 Å². The second-order valence-corrected chi connectivity index (χ2v) is 6.30. The maximum Gasteiger partial charge on any atom is 0.0648 e. The van der Waals surface area contributed by atoms with Crippen LogP contribution in [-0.4, -0.2) is 0 Å². The zero-order valence-electron chi connectivity index (χ0n) is 11.8. The Bertz CT molecular complexity index is 566. The molecule has 20 heavy (non-hydrogen) atoms. The first-order chi connectivity index (χ1) is 9.60. The van der Waals surface area contributed by atoms with E-state index < -0.39 is 0 Å². The molecule has 0 aliphatic heterocycles. The predicted octanol–water partition coefficient (Wildman–Crippen LogP) is 6.23. The van der Waals surface area contributed by atoms with E-state index in [1.807, 2.05) is 18.2 Å². The standard InChI is InChI=1S/C17H19BrClN/c1-3-4-13-5-7-14(8-6-13)12(2)20-17-10-9-15(18)11-16(17)19/h5-12,20H,3-4H2,1-2H3. The van der Waals surface area contributed by atoms with Crippen molar-refractivity contribution in [3.63, 3.8) is 0 Å². The van der Waals surface area contributed by atoms with Crippen molar-refractivity contribution in [3.8, 4) is 0 Å². The lowest BCUT2D eigenvalue weighted by Gasteiger charge is -2.17. The van der Waals surface area contributed by atoms with Crippen molar-refractivity contribution in [1.29, 1.82) is 0 Å². The average Bonchev–Trinajstić information content (AvgIpc) is 2.43. The molecule has 1 unspecified atom stereocenters. The number of nitrogens with one attached hydrogen (secondary N) is 1. The summed E-state index contributed by atoms with van der Waals surface area (Å²) in [5, 5.41) is 4.18. The summed E-state index contributed by atoms with van der Waals surface area (Å²) in [6, 6.07) is 14.9. The molecule has 0 amide bonds. The van der Waals surface area contributed by atoms with Crippen LogP contribution in [0, 0.1) is 0 Å². The molecule has 0 heterocycles.